The summed E-state index contributed by atoms with van der Waals surface area (Å²) in [6, 6.07) is 3.95. The monoisotopic (exact) mass is 290 g/mol. The van der Waals surface area contributed by atoms with Crippen LogP contribution >= 0.6 is 0 Å². The van der Waals surface area contributed by atoms with Crippen molar-refractivity contribution in [1.82, 2.24) is 9.80 Å². The minimum absolute atomic E-state index is 0.256. The molecule has 2 aliphatic rings. The van der Waals surface area contributed by atoms with Gasteiger partial charge in [0, 0.05) is 19.0 Å². The largest absolute Gasteiger partial charge is 0.464 e. The number of aryl methyl sites for hydroxylation is 1. The van der Waals surface area contributed by atoms with Crippen molar-refractivity contribution in [2.24, 2.45) is 17.8 Å². The van der Waals surface area contributed by atoms with Crippen LogP contribution < -0.4 is 0 Å². The molecule has 21 heavy (non-hydrogen) atoms. The Morgan fingerprint density at radius 3 is 2.48 bits per heavy atom. The number of carbonyl (C=O) groups excluding carboxylic acids is 1. The minimum Gasteiger partial charge on any atom is -0.464 e. The molecule has 0 aliphatic heterocycles. The highest BCUT2D eigenvalue weighted by molar-refractivity contribution is 5.79. The Balaban J connectivity index is 1.64. The van der Waals surface area contributed by atoms with Crippen molar-refractivity contribution in [1.29, 1.82) is 0 Å². The van der Waals surface area contributed by atoms with Gasteiger partial charge in [0.05, 0.1) is 6.54 Å². The summed E-state index contributed by atoms with van der Waals surface area (Å²) < 4.78 is 5.66. The topological polar surface area (TPSA) is 36.7 Å². The smallest absolute Gasteiger partial charge is 0.226 e. The Morgan fingerprint density at radius 1 is 1.19 bits per heavy atom. The first-order valence-electron chi connectivity index (χ1n) is 8.01. The van der Waals surface area contributed by atoms with Crippen molar-refractivity contribution in [3.8, 4) is 0 Å². The number of hydrogen-bond acceptors (Lipinski definition) is 3. The molecule has 1 aromatic heterocycles. The average molecular weight is 290 g/mol. The molecule has 4 heteroatoms. The van der Waals surface area contributed by atoms with Crippen LogP contribution in [0.1, 0.15) is 30.8 Å². The molecule has 1 heterocycles. The highest BCUT2D eigenvalue weighted by Crippen LogP contribution is 2.54. The molecule has 1 amide bonds. The summed E-state index contributed by atoms with van der Waals surface area (Å²) in [7, 11) is 4.09. The Morgan fingerprint density at radius 2 is 1.90 bits per heavy atom. The Labute approximate surface area is 127 Å². The van der Waals surface area contributed by atoms with E-state index < -0.39 is 0 Å². The fourth-order valence-corrected chi connectivity index (χ4v) is 3.52. The lowest BCUT2D eigenvalue weighted by Crippen LogP contribution is -2.39. The first kappa shape index (κ1) is 14.6. The fraction of sp³-hybridized carbons (Fsp3) is 0.706. The summed E-state index contributed by atoms with van der Waals surface area (Å²) in [6.07, 6.45) is 3.58. The molecule has 1 aromatic rings. The maximum Gasteiger partial charge on any atom is 0.226 e. The van der Waals surface area contributed by atoms with Gasteiger partial charge in [0.15, 0.2) is 0 Å². The Kier molecular flexibility index (Phi) is 4.07. The zero-order valence-corrected chi connectivity index (χ0v) is 13.3. The Bertz CT molecular complexity index is 499. The molecular formula is C17H26N2O2. The van der Waals surface area contributed by atoms with Crippen LogP contribution in [0.2, 0.25) is 0 Å². The minimum atomic E-state index is 0.256. The highest BCUT2D eigenvalue weighted by atomic mass is 16.3. The van der Waals surface area contributed by atoms with Crippen LogP contribution in [0.3, 0.4) is 0 Å². The van der Waals surface area contributed by atoms with Gasteiger partial charge in [0.1, 0.15) is 11.5 Å². The van der Waals surface area contributed by atoms with Gasteiger partial charge in [0.2, 0.25) is 5.91 Å². The lowest BCUT2D eigenvalue weighted by atomic mass is 10.0. The van der Waals surface area contributed by atoms with Crippen LogP contribution in [-0.4, -0.2) is 42.9 Å². The summed E-state index contributed by atoms with van der Waals surface area (Å²) in [6.45, 7) is 4.22. The molecule has 0 radical (unpaired) electrons. The molecule has 4 nitrogen and oxygen atoms in total. The molecule has 0 aromatic carbocycles. The number of likely N-dealkylation sites (N-methyl/N-ethyl adjacent to an activating group) is 1. The van der Waals surface area contributed by atoms with Gasteiger partial charge in [-0.1, -0.05) is 0 Å². The van der Waals surface area contributed by atoms with Gasteiger partial charge in [-0.2, -0.15) is 0 Å². The van der Waals surface area contributed by atoms with Crippen molar-refractivity contribution in [2.75, 3.05) is 27.2 Å². The number of carbonyl (C=O) groups is 1. The van der Waals surface area contributed by atoms with E-state index in [0.717, 1.165) is 49.3 Å². The third-order valence-corrected chi connectivity index (χ3v) is 4.86. The second-order valence-electron chi connectivity index (χ2n) is 7.00. The van der Waals surface area contributed by atoms with E-state index in [9.17, 15) is 4.79 Å². The fourth-order valence-electron chi connectivity index (χ4n) is 3.52. The number of fused-ring (bicyclic) bond motifs is 1. The summed E-state index contributed by atoms with van der Waals surface area (Å²) in [5.74, 6) is 4.08. The summed E-state index contributed by atoms with van der Waals surface area (Å²) in [5.41, 5.74) is 0. The molecule has 2 atom stereocenters. The highest BCUT2D eigenvalue weighted by Gasteiger charge is 2.48. The first-order valence-corrected chi connectivity index (χ1v) is 8.01. The molecule has 3 rings (SSSR count). The van der Waals surface area contributed by atoms with Crippen LogP contribution in [-0.2, 0) is 11.3 Å². The number of nitrogens with zero attached hydrogens (tertiary/aromatic N) is 2. The molecule has 2 unspecified atom stereocenters. The van der Waals surface area contributed by atoms with Gasteiger partial charge in [-0.25, -0.2) is 0 Å². The summed E-state index contributed by atoms with van der Waals surface area (Å²) in [4.78, 5) is 16.9. The number of furan rings is 1. The Hall–Kier alpha value is -1.29. The van der Waals surface area contributed by atoms with Crippen molar-refractivity contribution in [2.45, 2.75) is 32.7 Å². The van der Waals surface area contributed by atoms with E-state index in [1.165, 1.54) is 6.42 Å². The quantitative estimate of drug-likeness (QED) is 0.808. The van der Waals surface area contributed by atoms with Gasteiger partial charge in [0.25, 0.3) is 0 Å². The van der Waals surface area contributed by atoms with Crippen LogP contribution in [0, 0.1) is 24.7 Å². The predicted octanol–water partition coefficient (Wildman–Crippen LogP) is 2.52. The SMILES string of the molecule is Cc1ccc(CN(CCN(C)C)C(=O)C2CC3CC3C2)o1. The average Bonchev–Trinajstić information content (AvgIpc) is 2.84. The lowest BCUT2D eigenvalue weighted by Gasteiger charge is -2.27. The molecule has 0 bridgehead atoms. The van der Waals surface area contributed by atoms with Crippen molar-refractivity contribution in [3.05, 3.63) is 23.7 Å². The van der Waals surface area contributed by atoms with Gasteiger partial charge >= 0.3 is 0 Å². The second-order valence-corrected chi connectivity index (χ2v) is 7.00. The van der Waals surface area contributed by atoms with Crippen LogP contribution in [0.15, 0.2) is 16.5 Å². The van der Waals surface area contributed by atoms with Gasteiger partial charge < -0.3 is 14.2 Å². The van der Waals surface area contributed by atoms with Gasteiger partial charge in [-0.05, 0) is 64.3 Å². The summed E-state index contributed by atoms with van der Waals surface area (Å²) in [5, 5.41) is 0. The molecule has 0 spiro atoms. The zero-order valence-electron chi connectivity index (χ0n) is 13.3. The van der Waals surface area contributed by atoms with E-state index in [1.54, 1.807) is 0 Å². The van der Waals surface area contributed by atoms with Crippen LogP contribution in [0.25, 0.3) is 0 Å². The molecule has 2 aliphatic carbocycles. The van der Waals surface area contributed by atoms with E-state index in [-0.39, 0.29) is 5.92 Å². The zero-order chi connectivity index (χ0) is 15.0. The molecule has 0 saturated heterocycles. The maximum absolute atomic E-state index is 12.8. The molecule has 2 saturated carbocycles. The molecular weight excluding hydrogens is 264 g/mol. The molecule has 116 valence electrons. The second kappa shape index (κ2) is 5.84. The standard InChI is InChI=1S/C17H26N2O2/c1-12-4-5-16(21-12)11-19(7-6-18(2)3)17(20)15-9-13-8-14(13)10-15/h4-5,13-15H,6-11H2,1-3H3. The predicted molar refractivity (Wildman–Crippen MR) is 81.7 cm³/mol. The first-order chi connectivity index (χ1) is 10.0. The normalized spacial score (nSPS) is 27.0. The van der Waals surface area contributed by atoms with Crippen molar-refractivity contribution < 1.29 is 9.21 Å². The lowest BCUT2D eigenvalue weighted by molar-refractivity contribution is -0.136. The third-order valence-electron chi connectivity index (χ3n) is 4.86. The van der Waals surface area contributed by atoms with Crippen LogP contribution in [0.5, 0.6) is 0 Å². The van der Waals surface area contributed by atoms with Crippen molar-refractivity contribution in [3.63, 3.8) is 0 Å². The maximum atomic E-state index is 12.8. The molecule has 0 N–H and O–H groups in total. The van der Waals surface area contributed by atoms with E-state index in [0.29, 0.717) is 12.5 Å². The van der Waals surface area contributed by atoms with E-state index >= 15 is 0 Å². The van der Waals surface area contributed by atoms with E-state index in [4.69, 9.17) is 4.42 Å². The molecule has 2 fully saturated rings. The summed E-state index contributed by atoms with van der Waals surface area (Å²) >= 11 is 0. The van der Waals surface area contributed by atoms with Crippen molar-refractivity contribution >= 4 is 5.91 Å². The number of rotatable bonds is 6. The van der Waals surface area contributed by atoms with Gasteiger partial charge in [-0.15, -0.1) is 0 Å². The number of amides is 1. The van der Waals surface area contributed by atoms with E-state index in [1.807, 2.05) is 38.1 Å². The van der Waals surface area contributed by atoms with E-state index in [2.05, 4.69) is 4.90 Å². The van der Waals surface area contributed by atoms with Crippen LogP contribution in [0.4, 0.5) is 0 Å². The number of hydrogen-bond donors (Lipinski definition) is 0. The van der Waals surface area contributed by atoms with Gasteiger partial charge in [-0.3, -0.25) is 4.79 Å². The third kappa shape index (κ3) is 3.49.